The molecule has 1 aromatic heterocycles. The van der Waals surface area contributed by atoms with E-state index in [2.05, 4.69) is 20.2 Å². The Morgan fingerprint density at radius 2 is 2.08 bits per heavy atom. The number of aromatic nitrogens is 2. The van der Waals surface area contributed by atoms with E-state index in [9.17, 15) is 9.59 Å². The van der Waals surface area contributed by atoms with Gasteiger partial charge in [-0.2, -0.15) is 0 Å². The van der Waals surface area contributed by atoms with E-state index < -0.39 is 5.54 Å². The number of rotatable bonds is 4. The van der Waals surface area contributed by atoms with Crippen LogP contribution in [-0.4, -0.2) is 78.0 Å². The van der Waals surface area contributed by atoms with Crippen LogP contribution in [0.4, 0.5) is 0 Å². The van der Waals surface area contributed by atoms with Gasteiger partial charge in [0, 0.05) is 39.1 Å². The molecule has 3 heterocycles. The smallest absolute Gasteiger partial charge is 0.252 e. The van der Waals surface area contributed by atoms with Crippen LogP contribution >= 0.6 is 0 Å². The number of carbonyl (C=O) groups excluding carboxylic acids is 2. The van der Waals surface area contributed by atoms with Gasteiger partial charge in [-0.15, -0.1) is 0 Å². The van der Waals surface area contributed by atoms with Gasteiger partial charge in [0.05, 0.1) is 31.6 Å². The summed E-state index contributed by atoms with van der Waals surface area (Å²) in [6.07, 6.45) is 6.02. The van der Waals surface area contributed by atoms with Crippen LogP contribution in [0, 0.1) is 0 Å². The van der Waals surface area contributed by atoms with Crippen molar-refractivity contribution >= 4 is 11.8 Å². The molecule has 0 spiro atoms. The fourth-order valence-corrected chi connectivity index (χ4v) is 3.53. The Labute approximate surface area is 141 Å². The SMILES string of the molecule is CNC(=O)[C@]1(c2cnccn2)CCCN1C(=O)CN1CCOCC1. The number of nitrogens with zero attached hydrogens (tertiary/aromatic N) is 4. The summed E-state index contributed by atoms with van der Waals surface area (Å²) in [7, 11) is 1.59. The van der Waals surface area contributed by atoms with E-state index in [4.69, 9.17) is 4.74 Å². The van der Waals surface area contributed by atoms with Crippen LogP contribution in [0.25, 0.3) is 0 Å². The van der Waals surface area contributed by atoms with E-state index in [1.807, 2.05) is 0 Å². The minimum atomic E-state index is -1.06. The minimum absolute atomic E-state index is 0.0522. The van der Waals surface area contributed by atoms with E-state index in [0.717, 1.165) is 19.5 Å². The predicted octanol–water partition coefficient (Wildman–Crippen LogP) is -0.627. The molecule has 2 saturated heterocycles. The summed E-state index contributed by atoms with van der Waals surface area (Å²) in [5.74, 6) is -0.264. The van der Waals surface area contributed by atoms with Gasteiger partial charge < -0.3 is 15.0 Å². The van der Waals surface area contributed by atoms with E-state index in [-0.39, 0.29) is 11.8 Å². The van der Waals surface area contributed by atoms with Crippen LogP contribution < -0.4 is 5.32 Å². The fraction of sp³-hybridized carbons (Fsp3) is 0.625. The number of hydrogen-bond donors (Lipinski definition) is 1. The average molecular weight is 333 g/mol. The molecule has 130 valence electrons. The lowest BCUT2D eigenvalue weighted by atomic mass is 9.90. The number of likely N-dealkylation sites (tertiary alicyclic amines) is 1. The first kappa shape index (κ1) is 16.8. The van der Waals surface area contributed by atoms with Gasteiger partial charge in [0.2, 0.25) is 5.91 Å². The van der Waals surface area contributed by atoms with Gasteiger partial charge in [0.15, 0.2) is 5.54 Å². The first-order chi connectivity index (χ1) is 11.7. The Hall–Kier alpha value is -2.06. The van der Waals surface area contributed by atoms with Crippen molar-refractivity contribution < 1.29 is 14.3 Å². The van der Waals surface area contributed by atoms with Crippen molar-refractivity contribution in [3.05, 3.63) is 24.3 Å². The molecular formula is C16H23N5O3. The van der Waals surface area contributed by atoms with Crippen LogP contribution in [0.3, 0.4) is 0 Å². The first-order valence-corrected chi connectivity index (χ1v) is 8.28. The van der Waals surface area contributed by atoms with Gasteiger partial charge in [-0.05, 0) is 12.8 Å². The van der Waals surface area contributed by atoms with Gasteiger partial charge in [0.1, 0.15) is 0 Å². The maximum atomic E-state index is 12.9. The molecule has 8 nitrogen and oxygen atoms in total. The topological polar surface area (TPSA) is 87.7 Å². The summed E-state index contributed by atoms with van der Waals surface area (Å²) in [5, 5.41) is 2.70. The molecule has 1 aromatic rings. The predicted molar refractivity (Wildman–Crippen MR) is 86.0 cm³/mol. The largest absolute Gasteiger partial charge is 0.379 e. The van der Waals surface area contributed by atoms with Crippen LogP contribution in [0.2, 0.25) is 0 Å². The van der Waals surface area contributed by atoms with Crippen LogP contribution in [0.15, 0.2) is 18.6 Å². The molecule has 1 N–H and O–H groups in total. The number of nitrogens with one attached hydrogen (secondary N) is 1. The molecule has 3 rings (SSSR count). The summed E-state index contributed by atoms with van der Waals surface area (Å²) in [5.41, 5.74) is -0.538. The molecule has 0 aromatic carbocycles. The second-order valence-corrected chi connectivity index (χ2v) is 6.07. The summed E-state index contributed by atoms with van der Waals surface area (Å²) in [4.78, 5) is 37.8. The molecule has 2 aliphatic heterocycles. The molecule has 2 amide bonds. The van der Waals surface area contributed by atoms with Crippen LogP contribution in [0.1, 0.15) is 18.5 Å². The van der Waals surface area contributed by atoms with Gasteiger partial charge in [-0.3, -0.25) is 24.5 Å². The summed E-state index contributed by atoms with van der Waals surface area (Å²) in [6, 6.07) is 0. The number of likely N-dealkylation sites (N-methyl/N-ethyl adjacent to an activating group) is 1. The zero-order chi connectivity index (χ0) is 17.0. The lowest BCUT2D eigenvalue weighted by Crippen LogP contribution is -2.57. The second kappa shape index (κ2) is 7.23. The van der Waals surface area contributed by atoms with E-state index in [1.165, 1.54) is 0 Å². The summed E-state index contributed by atoms with van der Waals surface area (Å²) >= 11 is 0. The summed E-state index contributed by atoms with van der Waals surface area (Å²) in [6.45, 7) is 3.58. The molecule has 8 heteroatoms. The Bertz CT molecular complexity index is 591. The molecular weight excluding hydrogens is 310 g/mol. The third kappa shape index (κ3) is 2.99. The Morgan fingerprint density at radius 3 is 2.75 bits per heavy atom. The highest BCUT2D eigenvalue weighted by atomic mass is 16.5. The van der Waals surface area contributed by atoms with Crippen molar-refractivity contribution in [2.75, 3.05) is 46.4 Å². The highest BCUT2D eigenvalue weighted by Gasteiger charge is 2.52. The number of morpholine rings is 1. The standard InChI is InChI=1S/C16H23N5O3/c1-17-15(23)16(13-11-18-4-5-19-13)3-2-6-21(16)14(22)12-20-7-9-24-10-8-20/h4-5,11H,2-3,6-10,12H2,1H3,(H,17,23)/t16-/m1/s1. The lowest BCUT2D eigenvalue weighted by molar-refractivity contribution is -0.147. The second-order valence-electron chi connectivity index (χ2n) is 6.07. The van der Waals surface area contributed by atoms with Crippen LogP contribution in [-0.2, 0) is 19.9 Å². The Morgan fingerprint density at radius 1 is 1.29 bits per heavy atom. The Balaban J connectivity index is 1.87. The molecule has 1 atom stereocenters. The van der Waals surface area contributed by atoms with Crippen molar-refractivity contribution in [1.82, 2.24) is 25.1 Å². The lowest BCUT2D eigenvalue weighted by Gasteiger charge is -2.37. The summed E-state index contributed by atoms with van der Waals surface area (Å²) < 4.78 is 5.32. The molecule has 0 aliphatic carbocycles. The highest BCUT2D eigenvalue weighted by Crippen LogP contribution is 2.38. The van der Waals surface area contributed by atoms with Crippen LogP contribution in [0.5, 0.6) is 0 Å². The number of amides is 2. The Kier molecular flexibility index (Phi) is 5.06. The monoisotopic (exact) mass is 333 g/mol. The molecule has 2 fully saturated rings. The molecule has 24 heavy (non-hydrogen) atoms. The third-order valence-electron chi connectivity index (χ3n) is 4.73. The minimum Gasteiger partial charge on any atom is -0.379 e. The molecule has 0 unspecified atom stereocenters. The third-order valence-corrected chi connectivity index (χ3v) is 4.73. The molecule has 2 aliphatic rings. The van der Waals surface area contributed by atoms with E-state index in [1.54, 1.807) is 30.5 Å². The molecule has 0 radical (unpaired) electrons. The van der Waals surface area contributed by atoms with Crippen molar-refractivity contribution in [3.63, 3.8) is 0 Å². The van der Waals surface area contributed by atoms with Crippen molar-refractivity contribution in [1.29, 1.82) is 0 Å². The number of hydrogen-bond acceptors (Lipinski definition) is 6. The quantitative estimate of drug-likeness (QED) is 0.790. The highest BCUT2D eigenvalue weighted by molar-refractivity contribution is 5.93. The van der Waals surface area contributed by atoms with Gasteiger partial charge in [-0.1, -0.05) is 0 Å². The molecule has 0 bridgehead atoms. The average Bonchev–Trinajstić information content (AvgIpc) is 3.09. The normalized spacial score (nSPS) is 24.8. The van der Waals surface area contributed by atoms with Gasteiger partial charge in [-0.25, -0.2) is 0 Å². The zero-order valence-electron chi connectivity index (χ0n) is 13.9. The van der Waals surface area contributed by atoms with E-state index in [0.29, 0.717) is 38.4 Å². The van der Waals surface area contributed by atoms with E-state index >= 15 is 0 Å². The fourth-order valence-electron chi connectivity index (χ4n) is 3.53. The maximum Gasteiger partial charge on any atom is 0.252 e. The van der Waals surface area contributed by atoms with Crippen molar-refractivity contribution in [2.45, 2.75) is 18.4 Å². The van der Waals surface area contributed by atoms with Crippen molar-refractivity contribution in [2.24, 2.45) is 0 Å². The molecule has 0 saturated carbocycles. The number of carbonyl (C=O) groups is 2. The maximum absolute atomic E-state index is 12.9. The van der Waals surface area contributed by atoms with Gasteiger partial charge >= 0.3 is 0 Å². The van der Waals surface area contributed by atoms with Gasteiger partial charge in [0.25, 0.3) is 5.91 Å². The zero-order valence-corrected chi connectivity index (χ0v) is 13.9. The number of ether oxygens (including phenoxy) is 1. The van der Waals surface area contributed by atoms with Crippen molar-refractivity contribution in [3.8, 4) is 0 Å². The first-order valence-electron chi connectivity index (χ1n) is 8.28.